The number of imidazole rings is 1. The first-order valence-electron chi connectivity index (χ1n) is 10.6. The Bertz CT molecular complexity index is 1020. The summed E-state index contributed by atoms with van der Waals surface area (Å²) in [6.07, 6.45) is 4.25. The number of fused-ring (bicyclic) bond motifs is 1. The molecular weight excluding hydrogens is 382 g/mol. The zero-order valence-electron chi connectivity index (χ0n) is 17.5. The van der Waals surface area contributed by atoms with Gasteiger partial charge in [0.2, 0.25) is 5.88 Å². The highest BCUT2D eigenvalue weighted by atomic mass is 16.5. The van der Waals surface area contributed by atoms with Crippen molar-refractivity contribution in [2.45, 2.75) is 25.7 Å². The minimum Gasteiger partial charge on any atom is -0.475 e. The second kappa shape index (κ2) is 8.20. The van der Waals surface area contributed by atoms with Gasteiger partial charge in [0.15, 0.2) is 5.65 Å². The van der Waals surface area contributed by atoms with Gasteiger partial charge in [0, 0.05) is 43.9 Å². The summed E-state index contributed by atoms with van der Waals surface area (Å²) in [7, 11) is 1.65. The Balaban J connectivity index is 1.55. The lowest BCUT2D eigenvalue weighted by Gasteiger charge is -2.29. The van der Waals surface area contributed by atoms with Gasteiger partial charge in [-0.3, -0.25) is 0 Å². The van der Waals surface area contributed by atoms with Crippen LogP contribution in [0.15, 0.2) is 24.4 Å². The fraction of sp³-hybridized carbons (Fsp3) is 0.500. The second-order valence-corrected chi connectivity index (χ2v) is 7.84. The number of anilines is 1. The number of hydrogen-bond donors (Lipinski definition) is 0. The van der Waals surface area contributed by atoms with E-state index in [4.69, 9.17) is 24.3 Å². The van der Waals surface area contributed by atoms with Crippen LogP contribution in [0.5, 0.6) is 5.88 Å². The molecule has 0 aromatic carbocycles. The SMILES string of the molecule is COCCOc1ccc(-c2c(C)nc3c(N4CCOCC4)cc(C4CC4)nn23)cn1. The maximum absolute atomic E-state index is 5.60. The molecule has 0 bridgehead atoms. The van der Waals surface area contributed by atoms with Gasteiger partial charge in [-0.25, -0.2) is 14.5 Å². The summed E-state index contributed by atoms with van der Waals surface area (Å²) >= 11 is 0. The van der Waals surface area contributed by atoms with Crippen LogP contribution in [0.3, 0.4) is 0 Å². The van der Waals surface area contributed by atoms with E-state index >= 15 is 0 Å². The first-order valence-corrected chi connectivity index (χ1v) is 10.6. The largest absolute Gasteiger partial charge is 0.475 e. The number of methoxy groups -OCH3 is 1. The minimum absolute atomic E-state index is 0.479. The quantitative estimate of drug-likeness (QED) is 0.556. The van der Waals surface area contributed by atoms with E-state index in [-0.39, 0.29) is 0 Å². The average molecular weight is 409 g/mol. The molecule has 3 aromatic rings. The van der Waals surface area contributed by atoms with E-state index in [1.807, 2.05) is 29.8 Å². The van der Waals surface area contributed by atoms with Gasteiger partial charge in [0.1, 0.15) is 6.61 Å². The first kappa shape index (κ1) is 19.3. The molecular formula is C22H27N5O3. The molecule has 0 radical (unpaired) electrons. The van der Waals surface area contributed by atoms with Crippen molar-refractivity contribution >= 4 is 11.3 Å². The molecule has 0 spiro atoms. The van der Waals surface area contributed by atoms with Crippen molar-refractivity contribution in [3.63, 3.8) is 0 Å². The standard InChI is InChI=1S/C22H27N5O3/c1-15-21(17-5-6-20(23-14-17)30-12-11-28-2)27-22(24-15)19(26-7-9-29-10-8-26)13-18(25-27)16-3-4-16/h5-6,13-14,16H,3-4,7-12H2,1-2H3. The normalized spacial score (nSPS) is 16.9. The van der Waals surface area contributed by atoms with Crippen LogP contribution in [0.1, 0.15) is 30.1 Å². The van der Waals surface area contributed by atoms with Gasteiger partial charge in [-0.05, 0) is 31.9 Å². The molecule has 4 heterocycles. The fourth-order valence-electron chi connectivity index (χ4n) is 3.91. The summed E-state index contributed by atoms with van der Waals surface area (Å²) in [6.45, 7) is 6.29. The van der Waals surface area contributed by atoms with Crippen LogP contribution in [0.4, 0.5) is 5.69 Å². The molecule has 3 aromatic heterocycles. The highest BCUT2D eigenvalue weighted by Crippen LogP contribution is 2.41. The number of morpholine rings is 1. The third-order valence-corrected chi connectivity index (χ3v) is 5.65. The molecule has 8 nitrogen and oxygen atoms in total. The lowest BCUT2D eigenvalue weighted by Crippen LogP contribution is -2.36. The third kappa shape index (κ3) is 3.73. The lowest BCUT2D eigenvalue weighted by atomic mass is 10.2. The van der Waals surface area contributed by atoms with Gasteiger partial charge >= 0.3 is 0 Å². The van der Waals surface area contributed by atoms with E-state index in [9.17, 15) is 0 Å². The zero-order chi connectivity index (χ0) is 20.5. The molecule has 0 amide bonds. The Hall–Kier alpha value is -2.71. The van der Waals surface area contributed by atoms with Crippen molar-refractivity contribution in [2.24, 2.45) is 0 Å². The van der Waals surface area contributed by atoms with E-state index in [0.717, 1.165) is 60.3 Å². The van der Waals surface area contributed by atoms with E-state index in [1.54, 1.807) is 7.11 Å². The summed E-state index contributed by atoms with van der Waals surface area (Å²) in [5.41, 5.74) is 6.10. The van der Waals surface area contributed by atoms with E-state index in [2.05, 4.69) is 16.0 Å². The highest BCUT2D eigenvalue weighted by Gasteiger charge is 2.29. The van der Waals surface area contributed by atoms with Crippen LogP contribution >= 0.6 is 0 Å². The van der Waals surface area contributed by atoms with Crippen LogP contribution in [0.25, 0.3) is 16.9 Å². The van der Waals surface area contributed by atoms with Crippen molar-refractivity contribution < 1.29 is 14.2 Å². The number of ether oxygens (including phenoxy) is 3. The molecule has 0 N–H and O–H groups in total. The highest BCUT2D eigenvalue weighted by molar-refractivity contribution is 5.75. The van der Waals surface area contributed by atoms with E-state index in [0.29, 0.717) is 25.0 Å². The van der Waals surface area contributed by atoms with Crippen LogP contribution in [0.2, 0.25) is 0 Å². The number of nitrogens with zero attached hydrogens (tertiary/aromatic N) is 5. The van der Waals surface area contributed by atoms with Crippen molar-refractivity contribution in [2.75, 3.05) is 51.5 Å². The monoisotopic (exact) mass is 409 g/mol. The smallest absolute Gasteiger partial charge is 0.213 e. The summed E-state index contributed by atoms with van der Waals surface area (Å²) in [5.74, 6) is 1.14. The van der Waals surface area contributed by atoms with E-state index < -0.39 is 0 Å². The van der Waals surface area contributed by atoms with Crippen molar-refractivity contribution in [3.8, 4) is 17.1 Å². The predicted molar refractivity (Wildman–Crippen MR) is 113 cm³/mol. The number of hydrogen-bond acceptors (Lipinski definition) is 7. The van der Waals surface area contributed by atoms with Gasteiger partial charge in [-0.2, -0.15) is 5.10 Å². The van der Waals surface area contributed by atoms with Crippen molar-refractivity contribution in [1.29, 1.82) is 0 Å². The van der Waals surface area contributed by atoms with Crippen LogP contribution in [-0.4, -0.2) is 66.2 Å². The average Bonchev–Trinajstić information content (AvgIpc) is 3.57. The molecule has 30 heavy (non-hydrogen) atoms. The number of rotatable bonds is 7. The number of pyridine rings is 1. The molecule has 158 valence electrons. The third-order valence-electron chi connectivity index (χ3n) is 5.65. The molecule has 0 atom stereocenters. The Labute approximate surface area is 175 Å². The van der Waals surface area contributed by atoms with E-state index in [1.165, 1.54) is 12.8 Å². The molecule has 8 heteroatoms. The summed E-state index contributed by atoms with van der Waals surface area (Å²) in [4.78, 5) is 11.7. The van der Waals surface area contributed by atoms with Gasteiger partial charge in [-0.1, -0.05) is 0 Å². The molecule has 2 fully saturated rings. The molecule has 1 saturated carbocycles. The fourth-order valence-corrected chi connectivity index (χ4v) is 3.91. The van der Waals surface area contributed by atoms with Crippen LogP contribution < -0.4 is 9.64 Å². The molecule has 2 aliphatic rings. The Kier molecular flexibility index (Phi) is 5.26. The molecule has 0 unspecified atom stereocenters. The lowest BCUT2D eigenvalue weighted by molar-refractivity contribution is 0.123. The Morgan fingerprint density at radius 3 is 2.70 bits per heavy atom. The predicted octanol–water partition coefficient (Wildman–Crippen LogP) is 2.84. The van der Waals surface area contributed by atoms with Gasteiger partial charge in [0.05, 0.1) is 42.6 Å². The molecule has 1 aliphatic heterocycles. The zero-order valence-corrected chi connectivity index (χ0v) is 17.5. The minimum atomic E-state index is 0.479. The molecule has 1 saturated heterocycles. The van der Waals surface area contributed by atoms with Crippen molar-refractivity contribution in [3.05, 3.63) is 35.8 Å². The Morgan fingerprint density at radius 1 is 1.17 bits per heavy atom. The summed E-state index contributed by atoms with van der Waals surface area (Å²) in [5, 5.41) is 4.99. The second-order valence-electron chi connectivity index (χ2n) is 7.84. The number of aryl methyl sites for hydroxylation is 1. The van der Waals surface area contributed by atoms with Crippen LogP contribution in [-0.2, 0) is 9.47 Å². The first-order chi connectivity index (χ1) is 14.7. The van der Waals surface area contributed by atoms with Gasteiger partial charge in [-0.15, -0.1) is 0 Å². The maximum Gasteiger partial charge on any atom is 0.213 e. The van der Waals surface area contributed by atoms with Crippen LogP contribution in [0, 0.1) is 6.92 Å². The Morgan fingerprint density at radius 2 is 2.00 bits per heavy atom. The van der Waals surface area contributed by atoms with Gasteiger partial charge < -0.3 is 19.1 Å². The van der Waals surface area contributed by atoms with Crippen molar-refractivity contribution in [1.82, 2.24) is 19.6 Å². The van der Waals surface area contributed by atoms with Gasteiger partial charge in [0.25, 0.3) is 0 Å². The molecule has 1 aliphatic carbocycles. The number of aromatic nitrogens is 4. The molecule has 5 rings (SSSR count). The maximum atomic E-state index is 5.60. The summed E-state index contributed by atoms with van der Waals surface area (Å²) < 4.78 is 18.2. The topological polar surface area (TPSA) is 74.0 Å². The summed E-state index contributed by atoms with van der Waals surface area (Å²) in [6, 6.07) is 6.14.